The van der Waals surface area contributed by atoms with Crippen LogP contribution in [0.2, 0.25) is 0 Å². The molecule has 24 heavy (non-hydrogen) atoms. The van der Waals surface area contributed by atoms with E-state index in [1.165, 1.54) is 12.8 Å². The second-order valence-corrected chi connectivity index (χ2v) is 7.05. The van der Waals surface area contributed by atoms with Gasteiger partial charge in [-0.2, -0.15) is 0 Å². The lowest BCUT2D eigenvalue weighted by atomic mass is 9.88. The summed E-state index contributed by atoms with van der Waals surface area (Å²) in [7, 11) is 0. The molecule has 0 aromatic carbocycles. The maximum absolute atomic E-state index is 12.5. The van der Waals surface area contributed by atoms with Gasteiger partial charge in [0.25, 0.3) is 0 Å². The van der Waals surface area contributed by atoms with Gasteiger partial charge in [0.1, 0.15) is 0 Å². The first kappa shape index (κ1) is 16.9. The molecule has 0 saturated heterocycles. The Kier molecular flexibility index (Phi) is 5.83. The molecule has 2 fully saturated rings. The summed E-state index contributed by atoms with van der Waals surface area (Å²) >= 11 is 0. The van der Waals surface area contributed by atoms with E-state index in [1.54, 1.807) is 12.3 Å². The van der Waals surface area contributed by atoms with E-state index < -0.39 is 0 Å². The van der Waals surface area contributed by atoms with Crippen LogP contribution < -0.4 is 10.6 Å². The molecule has 0 radical (unpaired) electrons. The van der Waals surface area contributed by atoms with E-state index in [1.807, 2.05) is 6.07 Å². The normalized spacial score (nSPS) is 19.7. The molecule has 0 bridgehead atoms. The Balaban J connectivity index is 1.63. The maximum atomic E-state index is 12.5. The van der Waals surface area contributed by atoms with Gasteiger partial charge in [-0.05, 0) is 37.8 Å². The minimum atomic E-state index is 0.0292. The van der Waals surface area contributed by atoms with E-state index in [0.29, 0.717) is 11.5 Å². The van der Waals surface area contributed by atoms with Crippen molar-refractivity contribution in [1.29, 1.82) is 0 Å². The highest BCUT2D eigenvalue weighted by molar-refractivity contribution is 5.99. The summed E-state index contributed by atoms with van der Waals surface area (Å²) in [4.78, 5) is 29.2. The molecule has 2 aliphatic rings. The Morgan fingerprint density at radius 2 is 1.38 bits per heavy atom. The predicted molar refractivity (Wildman–Crippen MR) is 94.6 cm³/mol. The molecule has 0 spiro atoms. The number of nitrogens with one attached hydrogen (secondary N) is 2. The third-order valence-corrected chi connectivity index (χ3v) is 5.26. The molecule has 0 unspecified atom stereocenters. The molecule has 2 aliphatic carbocycles. The average molecular weight is 329 g/mol. The topological polar surface area (TPSA) is 71.1 Å². The van der Waals surface area contributed by atoms with Crippen LogP contribution in [-0.4, -0.2) is 16.8 Å². The van der Waals surface area contributed by atoms with E-state index in [2.05, 4.69) is 15.6 Å². The van der Waals surface area contributed by atoms with E-state index >= 15 is 0 Å². The third kappa shape index (κ3) is 4.34. The van der Waals surface area contributed by atoms with E-state index in [0.717, 1.165) is 51.4 Å². The van der Waals surface area contributed by atoms with E-state index in [4.69, 9.17) is 0 Å². The van der Waals surface area contributed by atoms with Crippen LogP contribution in [-0.2, 0) is 9.59 Å². The molecular weight excluding hydrogens is 302 g/mol. The fourth-order valence-electron chi connectivity index (χ4n) is 3.79. The second-order valence-electron chi connectivity index (χ2n) is 7.05. The van der Waals surface area contributed by atoms with Gasteiger partial charge in [0.15, 0.2) is 5.82 Å². The predicted octanol–water partition coefficient (Wildman–Crippen LogP) is 4.12. The lowest BCUT2D eigenvalue weighted by Gasteiger charge is -2.23. The number of anilines is 2. The van der Waals surface area contributed by atoms with Crippen molar-refractivity contribution < 1.29 is 9.59 Å². The van der Waals surface area contributed by atoms with Gasteiger partial charge in [-0.3, -0.25) is 9.59 Å². The van der Waals surface area contributed by atoms with Crippen LogP contribution in [0, 0.1) is 11.8 Å². The summed E-state index contributed by atoms with van der Waals surface area (Å²) in [5.74, 6) is 0.707. The van der Waals surface area contributed by atoms with Crippen LogP contribution in [0.5, 0.6) is 0 Å². The highest BCUT2D eigenvalue weighted by Crippen LogP contribution is 2.28. The number of rotatable bonds is 4. The van der Waals surface area contributed by atoms with Crippen molar-refractivity contribution in [3.05, 3.63) is 18.3 Å². The molecule has 0 atom stereocenters. The van der Waals surface area contributed by atoms with Gasteiger partial charge < -0.3 is 10.6 Å². The van der Waals surface area contributed by atoms with Crippen LogP contribution in [0.1, 0.15) is 64.2 Å². The van der Waals surface area contributed by atoms with Crippen molar-refractivity contribution in [2.24, 2.45) is 11.8 Å². The molecule has 1 aromatic rings. The van der Waals surface area contributed by atoms with Gasteiger partial charge in [-0.15, -0.1) is 0 Å². The Morgan fingerprint density at radius 3 is 1.96 bits per heavy atom. The van der Waals surface area contributed by atoms with Crippen LogP contribution >= 0.6 is 0 Å². The number of pyridine rings is 1. The second kappa shape index (κ2) is 8.27. The van der Waals surface area contributed by atoms with Crippen LogP contribution in [0.4, 0.5) is 11.5 Å². The Labute approximate surface area is 143 Å². The van der Waals surface area contributed by atoms with Gasteiger partial charge >= 0.3 is 0 Å². The number of carbonyl (C=O) groups is 2. The average Bonchev–Trinajstić information content (AvgIpc) is 2.64. The number of hydrogen-bond donors (Lipinski definition) is 2. The number of nitrogens with zero attached hydrogens (tertiary/aromatic N) is 1. The monoisotopic (exact) mass is 329 g/mol. The van der Waals surface area contributed by atoms with Crippen molar-refractivity contribution in [2.45, 2.75) is 64.2 Å². The van der Waals surface area contributed by atoms with Gasteiger partial charge in [0.05, 0.1) is 5.69 Å². The summed E-state index contributed by atoms with van der Waals surface area (Å²) in [6.45, 7) is 0. The minimum Gasteiger partial charge on any atom is -0.323 e. The van der Waals surface area contributed by atoms with Crippen molar-refractivity contribution in [3.8, 4) is 0 Å². The lowest BCUT2D eigenvalue weighted by molar-refractivity contribution is -0.121. The zero-order valence-electron chi connectivity index (χ0n) is 14.2. The molecule has 3 rings (SSSR count). The first-order chi connectivity index (χ1) is 11.7. The molecule has 130 valence electrons. The number of hydrogen-bond acceptors (Lipinski definition) is 3. The molecular formula is C19H27N3O2. The standard InChI is InChI=1S/C19H27N3O2/c23-18(14-8-3-1-4-9-14)21-16-12-7-13-20-17(16)22-19(24)15-10-5-2-6-11-15/h7,12-15H,1-6,8-11H2,(H,21,23)(H,20,22,24). The number of amides is 2. The largest absolute Gasteiger partial charge is 0.323 e. The van der Waals surface area contributed by atoms with E-state index in [9.17, 15) is 9.59 Å². The molecule has 0 aliphatic heterocycles. The molecule has 1 aromatic heterocycles. The van der Waals surface area contributed by atoms with E-state index in [-0.39, 0.29) is 23.7 Å². The minimum absolute atomic E-state index is 0.0292. The van der Waals surface area contributed by atoms with Crippen LogP contribution in [0.15, 0.2) is 18.3 Å². The molecule has 2 amide bonds. The van der Waals surface area contributed by atoms with Crippen molar-refractivity contribution in [1.82, 2.24) is 4.98 Å². The number of carbonyl (C=O) groups excluding carboxylic acids is 2. The summed E-state index contributed by atoms with van der Waals surface area (Å²) in [5.41, 5.74) is 0.609. The van der Waals surface area contributed by atoms with Crippen LogP contribution in [0.3, 0.4) is 0 Å². The lowest BCUT2D eigenvalue weighted by Crippen LogP contribution is -2.28. The Hall–Kier alpha value is -1.91. The van der Waals surface area contributed by atoms with Crippen molar-refractivity contribution in [2.75, 3.05) is 10.6 Å². The first-order valence-corrected chi connectivity index (χ1v) is 9.31. The third-order valence-electron chi connectivity index (χ3n) is 5.26. The zero-order chi connectivity index (χ0) is 16.8. The summed E-state index contributed by atoms with van der Waals surface area (Å²) in [6, 6.07) is 3.59. The van der Waals surface area contributed by atoms with Gasteiger partial charge in [-0.25, -0.2) is 4.98 Å². The SMILES string of the molecule is O=C(Nc1cccnc1NC(=O)C1CCCCC1)C1CCCCC1. The maximum Gasteiger partial charge on any atom is 0.228 e. The smallest absolute Gasteiger partial charge is 0.228 e. The molecule has 2 saturated carbocycles. The highest BCUT2D eigenvalue weighted by Gasteiger charge is 2.24. The number of aromatic nitrogens is 1. The fraction of sp³-hybridized carbons (Fsp3) is 0.632. The van der Waals surface area contributed by atoms with Gasteiger partial charge in [0.2, 0.25) is 11.8 Å². The zero-order valence-corrected chi connectivity index (χ0v) is 14.2. The summed E-state index contributed by atoms with van der Waals surface area (Å²) in [5, 5.41) is 5.90. The molecule has 1 heterocycles. The Morgan fingerprint density at radius 1 is 0.833 bits per heavy atom. The van der Waals surface area contributed by atoms with Gasteiger partial charge in [0, 0.05) is 18.0 Å². The quantitative estimate of drug-likeness (QED) is 0.873. The van der Waals surface area contributed by atoms with Crippen LogP contribution in [0.25, 0.3) is 0 Å². The summed E-state index contributed by atoms with van der Waals surface area (Å²) in [6.07, 6.45) is 12.4. The summed E-state index contributed by atoms with van der Waals surface area (Å²) < 4.78 is 0. The van der Waals surface area contributed by atoms with Crippen molar-refractivity contribution >= 4 is 23.3 Å². The fourth-order valence-corrected chi connectivity index (χ4v) is 3.79. The molecule has 5 heteroatoms. The van der Waals surface area contributed by atoms with Gasteiger partial charge in [-0.1, -0.05) is 38.5 Å². The first-order valence-electron chi connectivity index (χ1n) is 9.31. The highest BCUT2D eigenvalue weighted by atomic mass is 16.2. The van der Waals surface area contributed by atoms with Crippen molar-refractivity contribution in [3.63, 3.8) is 0 Å². The Bertz CT molecular complexity index is 525. The molecule has 5 nitrogen and oxygen atoms in total. The molecule has 2 N–H and O–H groups in total.